The molecule has 0 radical (unpaired) electrons. The van der Waals surface area contributed by atoms with Crippen molar-refractivity contribution in [3.8, 4) is 0 Å². The maximum Gasteiger partial charge on any atom is 0.332 e. The number of rotatable bonds is 2. The summed E-state index contributed by atoms with van der Waals surface area (Å²) in [5.41, 5.74) is 3.92. The average Bonchev–Trinajstić information content (AvgIpc) is 2.47. The molecular weight excluding hydrogens is 255 g/mol. The van der Waals surface area contributed by atoms with E-state index in [1.54, 1.807) is 12.1 Å². The van der Waals surface area contributed by atoms with Crippen LogP contribution in [0.25, 0.3) is 5.57 Å². The molecule has 2 aromatic rings. The third-order valence-electron chi connectivity index (χ3n) is 3.62. The van der Waals surface area contributed by atoms with Crippen LogP contribution in [0.1, 0.15) is 23.1 Å². The highest BCUT2D eigenvalue weighted by Crippen LogP contribution is 2.36. The topological polar surface area (TPSA) is 37.3 Å². The number of halogens is 1. The number of carbonyl (C=O) groups is 1. The van der Waals surface area contributed by atoms with Crippen molar-refractivity contribution < 1.29 is 14.3 Å². The number of hydrogen-bond donors (Lipinski definition) is 1. The van der Waals surface area contributed by atoms with Crippen LogP contribution in [-0.2, 0) is 11.2 Å². The number of fused-ring (bicyclic) bond motifs is 1. The second kappa shape index (κ2) is 4.93. The molecular formula is C17H13FO2. The van der Waals surface area contributed by atoms with Gasteiger partial charge in [0, 0.05) is 5.57 Å². The molecule has 100 valence electrons. The summed E-state index contributed by atoms with van der Waals surface area (Å²) >= 11 is 0. The number of benzene rings is 2. The number of aryl methyl sites for hydroxylation is 1. The van der Waals surface area contributed by atoms with Crippen LogP contribution in [0.5, 0.6) is 0 Å². The SMILES string of the molecule is O=C(O)C1=C(c2ccc(F)cc2)c2ccccc2CC1. The third kappa shape index (κ3) is 2.11. The predicted molar refractivity (Wildman–Crippen MR) is 74.8 cm³/mol. The summed E-state index contributed by atoms with van der Waals surface area (Å²) in [7, 11) is 0. The Labute approximate surface area is 116 Å². The molecule has 0 heterocycles. The molecule has 0 unspecified atom stereocenters. The molecule has 0 amide bonds. The number of hydrogen-bond acceptors (Lipinski definition) is 1. The Morgan fingerprint density at radius 1 is 1.00 bits per heavy atom. The molecule has 3 heteroatoms. The molecule has 1 aliphatic carbocycles. The Morgan fingerprint density at radius 2 is 1.70 bits per heavy atom. The molecule has 0 aromatic heterocycles. The van der Waals surface area contributed by atoms with Gasteiger partial charge in [0.1, 0.15) is 5.82 Å². The molecule has 0 saturated carbocycles. The van der Waals surface area contributed by atoms with Crippen LogP contribution in [0.15, 0.2) is 54.1 Å². The van der Waals surface area contributed by atoms with Crippen LogP contribution >= 0.6 is 0 Å². The van der Waals surface area contributed by atoms with Gasteiger partial charge >= 0.3 is 5.97 Å². The second-order valence-electron chi connectivity index (χ2n) is 4.82. The first-order valence-corrected chi connectivity index (χ1v) is 6.47. The van der Waals surface area contributed by atoms with Crippen LogP contribution in [0.4, 0.5) is 4.39 Å². The van der Waals surface area contributed by atoms with Gasteiger partial charge in [0.05, 0.1) is 0 Å². The Hall–Kier alpha value is -2.42. The van der Waals surface area contributed by atoms with Crippen molar-refractivity contribution >= 4 is 11.5 Å². The van der Waals surface area contributed by atoms with Gasteiger partial charge in [0.25, 0.3) is 0 Å². The lowest BCUT2D eigenvalue weighted by molar-refractivity contribution is -0.132. The Kier molecular flexibility index (Phi) is 3.11. The van der Waals surface area contributed by atoms with Crippen molar-refractivity contribution in [3.63, 3.8) is 0 Å². The molecule has 0 fully saturated rings. The molecule has 2 nitrogen and oxygen atoms in total. The fraction of sp³-hybridized carbons (Fsp3) is 0.118. The van der Waals surface area contributed by atoms with Crippen LogP contribution in [0.3, 0.4) is 0 Å². The molecule has 2 aromatic carbocycles. The summed E-state index contributed by atoms with van der Waals surface area (Å²) < 4.78 is 13.1. The smallest absolute Gasteiger partial charge is 0.332 e. The molecule has 0 saturated heterocycles. The lowest BCUT2D eigenvalue weighted by atomic mass is 9.82. The maximum atomic E-state index is 13.1. The van der Waals surface area contributed by atoms with E-state index in [1.807, 2.05) is 24.3 Å². The van der Waals surface area contributed by atoms with Gasteiger partial charge in [-0.2, -0.15) is 0 Å². The Balaban J connectivity index is 2.25. The van der Waals surface area contributed by atoms with Crippen molar-refractivity contribution in [2.45, 2.75) is 12.8 Å². The molecule has 0 spiro atoms. The molecule has 20 heavy (non-hydrogen) atoms. The minimum absolute atomic E-state index is 0.324. The highest BCUT2D eigenvalue weighted by atomic mass is 19.1. The van der Waals surface area contributed by atoms with Crippen LogP contribution in [0.2, 0.25) is 0 Å². The lowest BCUT2D eigenvalue weighted by Crippen LogP contribution is -2.12. The van der Waals surface area contributed by atoms with Crippen molar-refractivity contribution in [3.05, 3.63) is 76.6 Å². The maximum absolute atomic E-state index is 13.1. The lowest BCUT2D eigenvalue weighted by Gasteiger charge is -2.21. The second-order valence-corrected chi connectivity index (χ2v) is 4.82. The van der Waals surface area contributed by atoms with Crippen LogP contribution < -0.4 is 0 Å². The minimum atomic E-state index is -0.904. The fourth-order valence-electron chi connectivity index (χ4n) is 2.69. The number of aliphatic carboxylic acids is 1. The summed E-state index contributed by atoms with van der Waals surface area (Å²) in [6.07, 6.45) is 1.22. The fourth-order valence-corrected chi connectivity index (χ4v) is 2.69. The summed E-state index contributed by atoms with van der Waals surface area (Å²) in [5.74, 6) is -1.23. The van der Waals surface area contributed by atoms with Gasteiger partial charge in [-0.15, -0.1) is 0 Å². The van der Waals surface area contributed by atoms with E-state index < -0.39 is 5.97 Å². The van der Waals surface area contributed by atoms with E-state index >= 15 is 0 Å². The molecule has 3 rings (SSSR count). The largest absolute Gasteiger partial charge is 0.478 e. The van der Waals surface area contributed by atoms with E-state index in [2.05, 4.69) is 0 Å². The van der Waals surface area contributed by atoms with Gasteiger partial charge in [-0.3, -0.25) is 0 Å². The van der Waals surface area contributed by atoms with Crippen LogP contribution in [-0.4, -0.2) is 11.1 Å². The quantitative estimate of drug-likeness (QED) is 0.902. The summed E-state index contributed by atoms with van der Waals surface area (Å²) in [4.78, 5) is 11.5. The molecule has 1 aliphatic rings. The first-order valence-electron chi connectivity index (χ1n) is 6.47. The molecule has 0 aliphatic heterocycles. The third-order valence-corrected chi connectivity index (χ3v) is 3.62. The van der Waals surface area contributed by atoms with Crippen molar-refractivity contribution in [1.29, 1.82) is 0 Å². The zero-order chi connectivity index (χ0) is 14.1. The standard InChI is InChI=1S/C17H13FO2/c18-13-8-5-12(6-9-13)16-14-4-2-1-3-11(14)7-10-15(16)17(19)20/h1-6,8-9H,7,10H2,(H,19,20). The van der Waals surface area contributed by atoms with Gasteiger partial charge in [0.2, 0.25) is 0 Å². The molecule has 0 bridgehead atoms. The van der Waals surface area contributed by atoms with E-state index in [0.29, 0.717) is 17.6 Å². The summed E-state index contributed by atoms with van der Waals surface area (Å²) in [6.45, 7) is 0. The van der Waals surface area contributed by atoms with Crippen molar-refractivity contribution in [2.24, 2.45) is 0 Å². The highest BCUT2D eigenvalue weighted by Gasteiger charge is 2.23. The van der Waals surface area contributed by atoms with Gasteiger partial charge in [-0.25, -0.2) is 9.18 Å². The predicted octanol–water partition coefficient (Wildman–Crippen LogP) is 3.66. The van der Waals surface area contributed by atoms with E-state index in [4.69, 9.17) is 0 Å². The van der Waals surface area contributed by atoms with Crippen LogP contribution in [0, 0.1) is 5.82 Å². The molecule has 1 N–H and O–H groups in total. The minimum Gasteiger partial charge on any atom is -0.478 e. The zero-order valence-corrected chi connectivity index (χ0v) is 10.8. The van der Waals surface area contributed by atoms with Gasteiger partial charge in [-0.1, -0.05) is 36.4 Å². The Bertz CT molecular complexity index is 699. The Morgan fingerprint density at radius 3 is 2.40 bits per heavy atom. The van der Waals surface area contributed by atoms with E-state index in [1.165, 1.54) is 12.1 Å². The number of carboxylic acid groups (broad SMARTS) is 1. The highest BCUT2D eigenvalue weighted by molar-refractivity contribution is 6.02. The summed E-state index contributed by atoms with van der Waals surface area (Å²) in [5, 5.41) is 9.42. The normalized spacial score (nSPS) is 14.1. The first-order chi connectivity index (χ1) is 9.66. The number of carboxylic acids is 1. The summed E-state index contributed by atoms with van der Waals surface area (Å²) in [6, 6.07) is 13.8. The van der Waals surface area contributed by atoms with E-state index in [9.17, 15) is 14.3 Å². The van der Waals surface area contributed by atoms with Gasteiger partial charge < -0.3 is 5.11 Å². The molecule has 0 atom stereocenters. The zero-order valence-electron chi connectivity index (χ0n) is 10.8. The average molecular weight is 268 g/mol. The van der Waals surface area contributed by atoms with Gasteiger partial charge in [0.15, 0.2) is 0 Å². The van der Waals surface area contributed by atoms with Crippen molar-refractivity contribution in [2.75, 3.05) is 0 Å². The van der Waals surface area contributed by atoms with Gasteiger partial charge in [-0.05, 0) is 47.2 Å². The van der Waals surface area contributed by atoms with Crippen molar-refractivity contribution in [1.82, 2.24) is 0 Å². The van der Waals surface area contributed by atoms with E-state index in [0.717, 1.165) is 23.1 Å². The monoisotopic (exact) mass is 268 g/mol. The van der Waals surface area contributed by atoms with E-state index in [-0.39, 0.29) is 5.82 Å². The first kappa shape index (κ1) is 12.6.